The molecule has 0 amide bonds. The SMILES string of the molecule is COCCCNCC(=O)O. The highest BCUT2D eigenvalue weighted by atomic mass is 16.5. The van der Waals surface area contributed by atoms with E-state index in [2.05, 4.69) is 5.32 Å². The van der Waals surface area contributed by atoms with Crippen molar-refractivity contribution < 1.29 is 14.6 Å². The third kappa shape index (κ3) is 7.39. The molecule has 0 aliphatic carbocycles. The maximum absolute atomic E-state index is 9.94. The fraction of sp³-hybridized carbons (Fsp3) is 0.833. The van der Waals surface area contributed by atoms with Gasteiger partial charge in [-0.25, -0.2) is 0 Å². The number of methoxy groups -OCH3 is 1. The highest BCUT2D eigenvalue weighted by Gasteiger charge is 1.92. The van der Waals surface area contributed by atoms with Gasteiger partial charge in [-0.3, -0.25) is 4.79 Å². The molecule has 0 rings (SSSR count). The molecule has 0 unspecified atom stereocenters. The molecule has 0 spiro atoms. The van der Waals surface area contributed by atoms with Crippen LogP contribution >= 0.6 is 0 Å². The van der Waals surface area contributed by atoms with E-state index in [1.807, 2.05) is 0 Å². The zero-order valence-electron chi connectivity index (χ0n) is 6.09. The molecule has 0 aliphatic rings. The lowest BCUT2D eigenvalue weighted by Gasteiger charge is -1.99. The van der Waals surface area contributed by atoms with Gasteiger partial charge in [0.05, 0.1) is 6.54 Å². The topological polar surface area (TPSA) is 58.6 Å². The van der Waals surface area contributed by atoms with E-state index >= 15 is 0 Å². The first-order valence-corrected chi connectivity index (χ1v) is 3.19. The van der Waals surface area contributed by atoms with Gasteiger partial charge in [0.15, 0.2) is 0 Å². The van der Waals surface area contributed by atoms with Gasteiger partial charge >= 0.3 is 5.97 Å². The summed E-state index contributed by atoms with van der Waals surface area (Å²) in [6, 6.07) is 0. The molecule has 0 fully saturated rings. The second-order valence-electron chi connectivity index (χ2n) is 1.92. The Kier molecular flexibility index (Phi) is 6.11. The molecule has 4 nitrogen and oxygen atoms in total. The van der Waals surface area contributed by atoms with E-state index in [9.17, 15) is 4.79 Å². The van der Waals surface area contributed by atoms with Crippen molar-refractivity contribution in [2.45, 2.75) is 6.42 Å². The predicted octanol–water partition coefficient (Wildman–Crippen LogP) is -0.303. The fourth-order valence-electron chi connectivity index (χ4n) is 0.537. The van der Waals surface area contributed by atoms with E-state index in [-0.39, 0.29) is 6.54 Å². The number of hydrogen-bond acceptors (Lipinski definition) is 3. The molecule has 0 aromatic heterocycles. The van der Waals surface area contributed by atoms with Gasteiger partial charge in [-0.05, 0) is 13.0 Å². The van der Waals surface area contributed by atoms with Crippen molar-refractivity contribution in [3.05, 3.63) is 0 Å². The number of carboxylic acids is 1. The average molecular weight is 147 g/mol. The molecule has 0 aromatic rings. The van der Waals surface area contributed by atoms with Crippen LogP contribution in [0, 0.1) is 0 Å². The summed E-state index contributed by atoms with van der Waals surface area (Å²) in [5.74, 6) is -0.822. The van der Waals surface area contributed by atoms with Gasteiger partial charge in [0, 0.05) is 13.7 Å². The summed E-state index contributed by atoms with van der Waals surface area (Å²) in [5.41, 5.74) is 0. The minimum absolute atomic E-state index is 0.0315. The summed E-state index contributed by atoms with van der Waals surface area (Å²) in [6.07, 6.45) is 0.851. The van der Waals surface area contributed by atoms with Crippen LogP contribution in [0.25, 0.3) is 0 Å². The van der Waals surface area contributed by atoms with E-state index in [1.165, 1.54) is 0 Å². The van der Waals surface area contributed by atoms with Crippen LogP contribution in [0.2, 0.25) is 0 Å². The monoisotopic (exact) mass is 147 g/mol. The van der Waals surface area contributed by atoms with E-state index in [4.69, 9.17) is 9.84 Å². The number of nitrogens with one attached hydrogen (secondary N) is 1. The smallest absolute Gasteiger partial charge is 0.317 e. The molecule has 2 N–H and O–H groups in total. The molecule has 0 bridgehead atoms. The average Bonchev–Trinajstić information content (AvgIpc) is 1.87. The van der Waals surface area contributed by atoms with Crippen LogP contribution in [0.5, 0.6) is 0 Å². The maximum Gasteiger partial charge on any atom is 0.317 e. The Bertz CT molecular complexity index is 95.0. The third-order valence-corrected chi connectivity index (χ3v) is 0.978. The van der Waals surface area contributed by atoms with Gasteiger partial charge in [0.1, 0.15) is 0 Å². The highest BCUT2D eigenvalue weighted by molar-refractivity contribution is 5.68. The van der Waals surface area contributed by atoms with E-state index < -0.39 is 5.97 Å². The zero-order valence-corrected chi connectivity index (χ0v) is 6.09. The Hall–Kier alpha value is -0.610. The Morgan fingerprint density at radius 2 is 2.40 bits per heavy atom. The van der Waals surface area contributed by atoms with Crippen LogP contribution in [0.3, 0.4) is 0 Å². The van der Waals surface area contributed by atoms with Crippen molar-refractivity contribution in [3.63, 3.8) is 0 Å². The predicted molar refractivity (Wildman–Crippen MR) is 37.0 cm³/mol. The number of carbonyl (C=O) groups is 1. The molecular weight excluding hydrogens is 134 g/mol. The lowest BCUT2D eigenvalue weighted by atomic mass is 10.4. The van der Waals surface area contributed by atoms with E-state index in [0.717, 1.165) is 6.42 Å². The quantitative estimate of drug-likeness (QED) is 0.506. The van der Waals surface area contributed by atoms with Gasteiger partial charge in [0.2, 0.25) is 0 Å². The second-order valence-corrected chi connectivity index (χ2v) is 1.92. The Labute approximate surface area is 60.2 Å². The molecule has 10 heavy (non-hydrogen) atoms. The molecule has 0 heterocycles. The number of carboxylic acid groups (broad SMARTS) is 1. The van der Waals surface area contributed by atoms with Crippen LogP contribution in [-0.2, 0) is 9.53 Å². The molecular formula is C6H13NO3. The normalized spacial score (nSPS) is 9.70. The Morgan fingerprint density at radius 3 is 2.90 bits per heavy atom. The third-order valence-electron chi connectivity index (χ3n) is 0.978. The number of ether oxygens (including phenoxy) is 1. The molecule has 0 saturated carbocycles. The van der Waals surface area contributed by atoms with Gasteiger partial charge in [0.25, 0.3) is 0 Å². The second kappa shape index (κ2) is 6.51. The largest absolute Gasteiger partial charge is 0.480 e. The molecule has 0 saturated heterocycles. The zero-order chi connectivity index (χ0) is 7.82. The van der Waals surface area contributed by atoms with Crippen molar-refractivity contribution in [1.82, 2.24) is 5.32 Å². The Morgan fingerprint density at radius 1 is 1.70 bits per heavy atom. The van der Waals surface area contributed by atoms with E-state index in [0.29, 0.717) is 13.2 Å². The molecule has 0 aromatic carbocycles. The lowest BCUT2D eigenvalue weighted by molar-refractivity contribution is -0.135. The molecule has 60 valence electrons. The number of rotatable bonds is 6. The first-order chi connectivity index (χ1) is 4.77. The minimum atomic E-state index is -0.822. The van der Waals surface area contributed by atoms with E-state index in [1.54, 1.807) is 7.11 Å². The van der Waals surface area contributed by atoms with Crippen molar-refractivity contribution in [2.75, 3.05) is 26.8 Å². The van der Waals surface area contributed by atoms with Crippen LogP contribution in [0.1, 0.15) is 6.42 Å². The molecule has 0 atom stereocenters. The summed E-state index contributed by atoms with van der Waals surface area (Å²) < 4.78 is 4.76. The van der Waals surface area contributed by atoms with Gasteiger partial charge in [-0.1, -0.05) is 0 Å². The highest BCUT2D eigenvalue weighted by Crippen LogP contribution is 1.75. The Balaban J connectivity index is 2.84. The van der Waals surface area contributed by atoms with Gasteiger partial charge in [-0.15, -0.1) is 0 Å². The van der Waals surface area contributed by atoms with Crippen LogP contribution < -0.4 is 5.32 Å². The number of hydrogen-bond donors (Lipinski definition) is 2. The molecule has 4 heteroatoms. The van der Waals surface area contributed by atoms with Crippen molar-refractivity contribution in [3.8, 4) is 0 Å². The van der Waals surface area contributed by atoms with Crippen molar-refractivity contribution >= 4 is 5.97 Å². The molecule has 0 aliphatic heterocycles. The molecule has 0 radical (unpaired) electrons. The van der Waals surface area contributed by atoms with Crippen LogP contribution in [0.15, 0.2) is 0 Å². The van der Waals surface area contributed by atoms with Gasteiger partial charge < -0.3 is 15.2 Å². The fourth-order valence-corrected chi connectivity index (χ4v) is 0.537. The van der Waals surface area contributed by atoms with Crippen LogP contribution in [-0.4, -0.2) is 37.9 Å². The summed E-state index contributed by atoms with van der Waals surface area (Å²) in [6.45, 7) is 1.40. The first-order valence-electron chi connectivity index (χ1n) is 3.19. The van der Waals surface area contributed by atoms with Crippen molar-refractivity contribution in [2.24, 2.45) is 0 Å². The minimum Gasteiger partial charge on any atom is -0.480 e. The van der Waals surface area contributed by atoms with Crippen molar-refractivity contribution in [1.29, 1.82) is 0 Å². The summed E-state index contributed by atoms with van der Waals surface area (Å²) in [4.78, 5) is 9.94. The standard InChI is InChI=1S/C6H13NO3/c1-10-4-2-3-7-5-6(8)9/h7H,2-5H2,1H3,(H,8,9). The lowest BCUT2D eigenvalue weighted by Crippen LogP contribution is -2.24. The first kappa shape index (κ1) is 9.39. The van der Waals surface area contributed by atoms with Gasteiger partial charge in [-0.2, -0.15) is 0 Å². The summed E-state index contributed by atoms with van der Waals surface area (Å²) in [7, 11) is 1.62. The maximum atomic E-state index is 9.94. The number of aliphatic carboxylic acids is 1. The summed E-state index contributed by atoms with van der Waals surface area (Å²) in [5, 5.41) is 10.9. The van der Waals surface area contributed by atoms with Crippen LogP contribution in [0.4, 0.5) is 0 Å². The summed E-state index contributed by atoms with van der Waals surface area (Å²) >= 11 is 0.